The number of rotatable bonds is 9. The third-order valence-corrected chi connectivity index (χ3v) is 15.9. The highest BCUT2D eigenvalue weighted by Gasteiger charge is 2.69. The molecule has 11 heteroatoms. The first-order valence-electron chi connectivity index (χ1n) is 17.8. The summed E-state index contributed by atoms with van der Waals surface area (Å²) >= 11 is 0. The zero-order chi connectivity index (χ0) is 37.4. The van der Waals surface area contributed by atoms with Crippen LogP contribution in [0.1, 0.15) is 77.2 Å². The van der Waals surface area contributed by atoms with Crippen LogP contribution in [0.4, 0.5) is 5.69 Å². The Kier molecular flexibility index (Phi) is 9.44. The number of aliphatic hydroxyl groups excluding tert-OH is 1. The van der Waals surface area contributed by atoms with E-state index in [1.54, 1.807) is 0 Å². The molecule has 3 aliphatic rings. The van der Waals surface area contributed by atoms with Gasteiger partial charge in [0.25, 0.3) is 5.88 Å². The Morgan fingerprint density at radius 1 is 1.02 bits per heavy atom. The summed E-state index contributed by atoms with van der Waals surface area (Å²) < 4.78 is 19.4. The number of carbonyl (C=O) groups is 2. The fraction of sp³-hybridized carbons (Fsp3) is 0.525. The molecule has 1 N–H and O–H groups in total. The van der Waals surface area contributed by atoms with Gasteiger partial charge in [-0.1, -0.05) is 57.2 Å². The molecule has 6 rings (SSSR count). The largest absolute Gasteiger partial charge is 0.507 e. The van der Waals surface area contributed by atoms with E-state index in [-0.39, 0.29) is 40.3 Å². The van der Waals surface area contributed by atoms with Crippen molar-refractivity contribution in [1.29, 1.82) is 0 Å². The Morgan fingerprint density at radius 2 is 1.69 bits per heavy atom. The molecule has 0 unspecified atom stereocenters. The molecule has 2 aromatic carbocycles. The molecule has 51 heavy (non-hydrogen) atoms. The van der Waals surface area contributed by atoms with E-state index < -0.39 is 37.4 Å². The van der Waals surface area contributed by atoms with Crippen molar-refractivity contribution in [1.82, 2.24) is 15.0 Å². The van der Waals surface area contributed by atoms with Crippen LogP contribution in [0.25, 0.3) is 5.76 Å². The van der Waals surface area contributed by atoms with Crippen LogP contribution in [0.2, 0.25) is 18.1 Å². The van der Waals surface area contributed by atoms with Crippen LogP contribution in [-0.2, 0) is 28.8 Å². The summed E-state index contributed by atoms with van der Waals surface area (Å²) in [5.74, 6) is -1.54. The lowest BCUT2D eigenvalue weighted by Crippen LogP contribution is -2.68. The molecular formula is C40H54N4O6Si. The number of hydrogen-bond donors (Lipinski definition) is 1. The fourth-order valence-corrected chi connectivity index (χ4v) is 9.79. The van der Waals surface area contributed by atoms with E-state index in [0.29, 0.717) is 24.2 Å². The number of aliphatic hydroxyl groups is 1. The van der Waals surface area contributed by atoms with E-state index in [4.69, 9.17) is 13.7 Å². The number of aromatic nitrogens is 1. The Hall–Kier alpha value is -3.77. The van der Waals surface area contributed by atoms with E-state index in [0.717, 1.165) is 34.5 Å². The van der Waals surface area contributed by atoms with Gasteiger partial charge in [0.15, 0.2) is 19.7 Å². The normalized spacial score (nSPS) is 23.3. The minimum absolute atomic E-state index is 0.0457. The van der Waals surface area contributed by atoms with Crippen molar-refractivity contribution >= 4 is 31.3 Å². The lowest BCUT2D eigenvalue weighted by atomic mass is 9.57. The summed E-state index contributed by atoms with van der Waals surface area (Å²) in [5, 5.41) is 16.3. The maximum absolute atomic E-state index is 15.6. The van der Waals surface area contributed by atoms with Gasteiger partial charge in [0.1, 0.15) is 17.9 Å². The number of benzene rings is 2. The minimum Gasteiger partial charge on any atom is -0.507 e. The number of carbonyl (C=O) groups excluding carboxylic acids is 2. The predicted octanol–water partition coefficient (Wildman–Crippen LogP) is 6.98. The lowest BCUT2D eigenvalue weighted by Gasteiger charge is -2.55. The average molecular weight is 715 g/mol. The number of aryl methyl sites for hydroxylation is 1. The maximum atomic E-state index is 15.6. The molecule has 1 aromatic heterocycles. The van der Waals surface area contributed by atoms with E-state index in [1.807, 2.05) is 84.4 Å². The number of Topliss-reactive ketones (excluding diaryl/α,β-unsaturated/α-hetero) is 2. The van der Waals surface area contributed by atoms with Crippen molar-refractivity contribution in [2.45, 2.75) is 83.5 Å². The van der Waals surface area contributed by atoms with Crippen molar-refractivity contribution < 1.29 is 28.4 Å². The Labute approximate surface area is 303 Å². The summed E-state index contributed by atoms with van der Waals surface area (Å²) in [6.45, 7) is 13.3. The summed E-state index contributed by atoms with van der Waals surface area (Å²) in [7, 11) is 9.17. The molecule has 0 bridgehead atoms. The first kappa shape index (κ1) is 37.0. The summed E-state index contributed by atoms with van der Waals surface area (Å²) in [5.41, 5.74) is 4.21. The van der Waals surface area contributed by atoms with E-state index in [9.17, 15) is 5.11 Å². The SMILES string of the molecule is Cc1cc(CN(C)C)c(N(C)C)c2c1C(O)=C1C(=O)[C@]3(O[Si](C)(C)C(C)(C)C)C(=O)c4c(OCc5ccccc5)noc4[C@@H](N(C)C)[C@@H]3C[C@@H]1C2. The van der Waals surface area contributed by atoms with Crippen molar-refractivity contribution in [3.8, 4) is 5.88 Å². The highest BCUT2D eigenvalue weighted by Crippen LogP contribution is 2.59. The first-order valence-corrected chi connectivity index (χ1v) is 20.8. The number of hydrogen-bond acceptors (Lipinski definition) is 10. The third-order valence-electron chi connectivity index (χ3n) is 11.5. The molecule has 0 amide bonds. The Balaban J connectivity index is 1.58. The van der Waals surface area contributed by atoms with Crippen molar-refractivity contribution in [2.75, 3.05) is 47.2 Å². The Morgan fingerprint density at radius 3 is 2.27 bits per heavy atom. The molecule has 0 spiro atoms. The quantitative estimate of drug-likeness (QED) is 0.184. The fourth-order valence-electron chi connectivity index (χ4n) is 8.34. The summed E-state index contributed by atoms with van der Waals surface area (Å²) in [6.07, 6.45) is 0.976. The van der Waals surface area contributed by atoms with Crippen molar-refractivity contribution in [2.24, 2.45) is 11.8 Å². The second kappa shape index (κ2) is 13.0. The first-order chi connectivity index (χ1) is 23.8. The minimum atomic E-state index is -2.82. The van der Waals surface area contributed by atoms with Crippen LogP contribution in [0.5, 0.6) is 5.88 Å². The molecule has 1 fully saturated rings. The van der Waals surface area contributed by atoms with Gasteiger partial charge in [0.05, 0.1) is 6.04 Å². The maximum Gasteiger partial charge on any atom is 0.265 e. The van der Waals surface area contributed by atoms with Gasteiger partial charge in [0.2, 0.25) is 11.6 Å². The number of fused-ring (bicyclic) bond motifs is 4. The number of nitrogens with zero attached hydrogens (tertiary/aromatic N) is 4. The van der Waals surface area contributed by atoms with E-state index in [1.165, 1.54) is 0 Å². The van der Waals surface area contributed by atoms with Crippen molar-refractivity contribution in [3.05, 3.63) is 81.1 Å². The zero-order valence-electron chi connectivity index (χ0n) is 32.3. The van der Waals surface area contributed by atoms with Gasteiger partial charge in [-0.2, -0.15) is 0 Å². The summed E-state index contributed by atoms with van der Waals surface area (Å²) in [4.78, 5) is 37.2. The molecule has 1 heterocycles. The van der Waals surface area contributed by atoms with Gasteiger partial charge < -0.3 is 28.6 Å². The van der Waals surface area contributed by atoms with Gasteiger partial charge in [-0.05, 0) is 99.4 Å². The molecule has 0 aliphatic heterocycles. The zero-order valence-corrected chi connectivity index (χ0v) is 33.3. The van der Waals surface area contributed by atoms with Crippen LogP contribution in [0.15, 0.2) is 46.5 Å². The molecular weight excluding hydrogens is 661 g/mol. The van der Waals surface area contributed by atoms with Crippen LogP contribution in [0, 0.1) is 18.8 Å². The van der Waals surface area contributed by atoms with Gasteiger partial charge in [-0.15, -0.1) is 0 Å². The van der Waals surface area contributed by atoms with Gasteiger partial charge in [-0.25, -0.2) is 0 Å². The molecule has 3 aromatic rings. The monoisotopic (exact) mass is 714 g/mol. The number of ketones is 2. The second-order valence-corrected chi connectivity index (χ2v) is 21.6. The van der Waals surface area contributed by atoms with Crippen LogP contribution < -0.4 is 9.64 Å². The average Bonchev–Trinajstić information content (AvgIpc) is 3.44. The van der Waals surface area contributed by atoms with Crippen LogP contribution >= 0.6 is 0 Å². The molecule has 1 saturated carbocycles. The highest BCUT2D eigenvalue weighted by atomic mass is 28.4. The third kappa shape index (κ3) is 5.95. The van der Waals surface area contributed by atoms with Crippen molar-refractivity contribution in [3.63, 3.8) is 0 Å². The molecule has 0 radical (unpaired) electrons. The highest BCUT2D eigenvalue weighted by molar-refractivity contribution is 6.74. The number of anilines is 1. The van der Waals surface area contributed by atoms with Gasteiger partial charge in [0, 0.05) is 43.4 Å². The van der Waals surface area contributed by atoms with Gasteiger partial charge in [-0.3, -0.25) is 14.5 Å². The van der Waals surface area contributed by atoms with E-state index in [2.05, 4.69) is 54.9 Å². The molecule has 0 saturated heterocycles. The smallest absolute Gasteiger partial charge is 0.265 e. The standard InChI is InChI=1S/C40H54N4O6Si/c1-23-18-26(21-42(5)6)32(43(7)8)27-19-25-20-28-33(44(9)10)35-31(38(41-49-35)48-22-24-16-14-13-15-17-24)37(47)40(28,50-51(11,12)39(2,3)4)36(46)30(25)34(45)29(23)27/h13-18,25,28,33,45H,19-22H2,1-12H3/t25-,28-,33-,40-/m0/s1. The lowest BCUT2D eigenvalue weighted by molar-refractivity contribution is -0.140. The van der Waals surface area contributed by atoms with Crippen LogP contribution in [0.3, 0.4) is 0 Å². The topological polar surface area (TPSA) is 109 Å². The molecule has 4 atom stereocenters. The molecule has 10 nitrogen and oxygen atoms in total. The summed E-state index contributed by atoms with van der Waals surface area (Å²) in [6, 6.07) is 11.2. The van der Waals surface area contributed by atoms with Gasteiger partial charge >= 0.3 is 0 Å². The Bertz CT molecular complexity index is 1890. The molecule has 3 aliphatic carbocycles. The second-order valence-electron chi connectivity index (χ2n) is 16.9. The predicted molar refractivity (Wildman–Crippen MR) is 202 cm³/mol. The van der Waals surface area contributed by atoms with E-state index >= 15 is 9.59 Å². The van der Waals surface area contributed by atoms with Crippen LogP contribution in [-0.4, -0.2) is 87.8 Å². The number of ether oxygens (including phenoxy) is 1. The molecule has 274 valence electrons.